The van der Waals surface area contributed by atoms with Gasteiger partial charge in [0.1, 0.15) is 11.5 Å². The zero-order chi connectivity index (χ0) is 24.0. The van der Waals surface area contributed by atoms with Gasteiger partial charge in [-0.1, -0.05) is 60.7 Å². The van der Waals surface area contributed by atoms with Crippen molar-refractivity contribution in [1.82, 2.24) is 14.8 Å². The number of rotatable bonds is 8. The first kappa shape index (κ1) is 22.3. The van der Waals surface area contributed by atoms with Crippen LogP contribution in [0.1, 0.15) is 0 Å². The quantitative estimate of drug-likeness (QED) is 0.325. The van der Waals surface area contributed by atoms with E-state index in [1.54, 1.807) is 25.1 Å². The Hall–Kier alpha value is -4.52. The van der Waals surface area contributed by atoms with Gasteiger partial charge >= 0.3 is 6.92 Å². The van der Waals surface area contributed by atoms with Crippen LogP contribution in [0.25, 0.3) is 17.1 Å². The summed E-state index contributed by atoms with van der Waals surface area (Å²) in [6, 6.07) is 33.4. The number of hydrogen-bond donors (Lipinski definition) is 0. The predicted octanol–water partition coefficient (Wildman–Crippen LogP) is 4.14. The third-order valence-corrected chi connectivity index (χ3v) is 5.69. The molecule has 2 heterocycles. The fourth-order valence-corrected chi connectivity index (χ4v) is 3.85. The molecule has 2 aromatic heterocycles. The number of benzene rings is 3. The molecule has 0 aliphatic rings. The maximum absolute atomic E-state index is 6.70. The van der Waals surface area contributed by atoms with Crippen LogP contribution in [0.4, 0.5) is 0 Å². The summed E-state index contributed by atoms with van der Waals surface area (Å²) in [5.41, 5.74) is 3.75. The van der Waals surface area contributed by atoms with Crippen molar-refractivity contribution in [3.63, 3.8) is 0 Å². The monoisotopic (exact) mass is 461 g/mol. The smallest absolute Gasteiger partial charge is 0.427 e. The lowest BCUT2D eigenvalue weighted by Gasteiger charge is -2.18. The maximum Gasteiger partial charge on any atom is 0.427 e. The van der Waals surface area contributed by atoms with Gasteiger partial charge in [0, 0.05) is 17.8 Å². The highest BCUT2D eigenvalue weighted by Gasteiger charge is 2.27. The van der Waals surface area contributed by atoms with E-state index in [0.29, 0.717) is 11.7 Å². The van der Waals surface area contributed by atoms with Gasteiger partial charge in [-0.3, -0.25) is 0 Å². The number of methoxy groups -OCH3 is 2. The Morgan fingerprint density at radius 2 is 1.29 bits per heavy atom. The van der Waals surface area contributed by atoms with E-state index in [2.05, 4.69) is 4.98 Å². The fraction of sp³-hybridized carbons (Fsp3) is 0.0714. The summed E-state index contributed by atoms with van der Waals surface area (Å²) < 4.78 is 19.1. The molecule has 0 saturated carbocycles. The second-order valence-electron chi connectivity index (χ2n) is 7.88. The van der Waals surface area contributed by atoms with Gasteiger partial charge in [-0.2, -0.15) is 9.78 Å². The average molecular weight is 461 g/mol. The molecule has 0 N–H and O–H groups in total. The normalized spacial score (nSPS) is 10.6. The lowest BCUT2D eigenvalue weighted by Crippen LogP contribution is -2.47. The predicted molar refractivity (Wildman–Crippen MR) is 138 cm³/mol. The molecule has 7 heteroatoms. The van der Waals surface area contributed by atoms with Crippen LogP contribution in [0.5, 0.6) is 17.4 Å². The molecule has 35 heavy (non-hydrogen) atoms. The van der Waals surface area contributed by atoms with E-state index in [1.165, 1.54) is 0 Å². The molecule has 0 aliphatic heterocycles. The van der Waals surface area contributed by atoms with Gasteiger partial charge in [-0.05, 0) is 47.3 Å². The van der Waals surface area contributed by atoms with Crippen LogP contribution >= 0.6 is 0 Å². The van der Waals surface area contributed by atoms with Crippen molar-refractivity contribution in [2.45, 2.75) is 0 Å². The van der Waals surface area contributed by atoms with Gasteiger partial charge in [-0.25, -0.2) is 4.98 Å². The zero-order valence-electron chi connectivity index (χ0n) is 19.5. The van der Waals surface area contributed by atoms with Crippen LogP contribution in [-0.2, 0) is 0 Å². The van der Waals surface area contributed by atoms with Gasteiger partial charge in [0.15, 0.2) is 5.82 Å². The second-order valence-corrected chi connectivity index (χ2v) is 7.88. The van der Waals surface area contributed by atoms with E-state index in [0.717, 1.165) is 33.7 Å². The summed E-state index contributed by atoms with van der Waals surface area (Å²) in [5.74, 6) is 2.83. The molecule has 0 atom stereocenters. The molecule has 6 nitrogen and oxygen atoms in total. The van der Waals surface area contributed by atoms with Crippen molar-refractivity contribution < 1.29 is 14.1 Å². The Morgan fingerprint density at radius 3 is 1.83 bits per heavy atom. The number of nitrogens with zero attached hydrogens (tertiary/aromatic N) is 3. The first-order valence-electron chi connectivity index (χ1n) is 11.3. The number of aromatic nitrogens is 3. The van der Waals surface area contributed by atoms with Crippen molar-refractivity contribution in [3.05, 3.63) is 109 Å². The molecule has 0 fully saturated rings. The van der Waals surface area contributed by atoms with Crippen molar-refractivity contribution in [2.75, 3.05) is 14.2 Å². The van der Waals surface area contributed by atoms with Gasteiger partial charge in [0.05, 0.1) is 19.9 Å². The van der Waals surface area contributed by atoms with Crippen LogP contribution < -0.4 is 25.1 Å². The summed E-state index contributed by atoms with van der Waals surface area (Å²) in [5, 5.41) is 4.84. The summed E-state index contributed by atoms with van der Waals surface area (Å²) in [4.78, 5) is 4.50. The molecule has 0 radical (unpaired) electrons. The topological polar surface area (TPSA) is 58.4 Å². The van der Waals surface area contributed by atoms with Crippen LogP contribution in [0.15, 0.2) is 109 Å². The SMILES string of the molecule is COc1ccc(B(Oc2cc(-c3ccccc3)nn2-c2ccccn2)c2ccc(OC)cc2)cc1. The highest BCUT2D eigenvalue weighted by Crippen LogP contribution is 2.26. The van der Waals surface area contributed by atoms with E-state index in [4.69, 9.17) is 19.2 Å². The highest BCUT2D eigenvalue weighted by molar-refractivity contribution is 6.80. The minimum Gasteiger partial charge on any atom is -0.538 e. The van der Waals surface area contributed by atoms with Gasteiger partial charge in [-0.15, -0.1) is 0 Å². The minimum absolute atomic E-state index is 0.394. The molecule has 0 bridgehead atoms. The Bertz CT molecular complexity index is 1330. The minimum atomic E-state index is -0.394. The van der Waals surface area contributed by atoms with Crippen molar-refractivity contribution in [2.24, 2.45) is 0 Å². The molecular formula is C28H24BN3O3. The van der Waals surface area contributed by atoms with E-state index in [1.807, 2.05) is 103 Å². The summed E-state index contributed by atoms with van der Waals surface area (Å²) in [6.07, 6.45) is 1.74. The summed E-state index contributed by atoms with van der Waals surface area (Å²) >= 11 is 0. The van der Waals surface area contributed by atoms with Gasteiger partial charge in [0.2, 0.25) is 5.88 Å². The first-order valence-corrected chi connectivity index (χ1v) is 11.3. The lowest BCUT2D eigenvalue weighted by molar-refractivity contribution is 0.415. The van der Waals surface area contributed by atoms with Crippen LogP contribution in [0.2, 0.25) is 0 Å². The molecule has 0 spiro atoms. The molecule has 0 aliphatic carbocycles. The molecule has 0 unspecified atom stereocenters. The van der Waals surface area contributed by atoms with Crippen LogP contribution in [0, 0.1) is 0 Å². The number of hydrogen-bond acceptors (Lipinski definition) is 5. The van der Waals surface area contributed by atoms with Crippen LogP contribution in [-0.4, -0.2) is 35.9 Å². The molecule has 0 saturated heterocycles. The number of ether oxygens (including phenoxy) is 2. The van der Waals surface area contributed by atoms with Crippen molar-refractivity contribution in [3.8, 4) is 34.5 Å². The molecule has 5 aromatic rings. The Kier molecular flexibility index (Phi) is 6.48. The molecule has 5 rings (SSSR count). The van der Waals surface area contributed by atoms with Gasteiger partial charge in [0.25, 0.3) is 0 Å². The summed E-state index contributed by atoms with van der Waals surface area (Å²) in [7, 11) is 3.31. The van der Waals surface area contributed by atoms with E-state index in [9.17, 15) is 0 Å². The maximum atomic E-state index is 6.70. The van der Waals surface area contributed by atoms with Crippen molar-refractivity contribution in [1.29, 1.82) is 0 Å². The summed E-state index contributed by atoms with van der Waals surface area (Å²) in [6.45, 7) is -0.394. The third kappa shape index (κ3) is 4.89. The Balaban J connectivity index is 1.60. The highest BCUT2D eigenvalue weighted by atomic mass is 16.5. The number of pyridine rings is 1. The lowest BCUT2D eigenvalue weighted by atomic mass is 9.55. The molecular weight excluding hydrogens is 437 g/mol. The molecule has 172 valence electrons. The van der Waals surface area contributed by atoms with E-state index < -0.39 is 6.92 Å². The second kappa shape index (κ2) is 10.2. The standard InChI is InChI=1S/C28H24BN3O3/c1-33-24-15-11-22(12-16-24)29(23-13-17-25(34-2)18-14-23)35-28-20-26(21-8-4-3-5-9-21)31-32(28)27-10-6-7-19-30-27/h3-20H,1-2H3. The average Bonchev–Trinajstić information content (AvgIpc) is 3.37. The molecule has 3 aromatic carbocycles. The van der Waals surface area contributed by atoms with Crippen LogP contribution in [0.3, 0.4) is 0 Å². The Labute approximate surface area is 204 Å². The van der Waals surface area contributed by atoms with Crippen molar-refractivity contribution >= 4 is 17.8 Å². The Morgan fingerprint density at radius 1 is 0.686 bits per heavy atom. The molecule has 0 amide bonds. The third-order valence-electron chi connectivity index (χ3n) is 5.69. The first-order chi connectivity index (χ1) is 17.2. The van der Waals surface area contributed by atoms with E-state index in [-0.39, 0.29) is 0 Å². The zero-order valence-corrected chi connectivity index (χ0v) is 19.5. The fourth-order valence-electron chi connectivity index (χ4n) is 3.85. The largest absolute Gasteiger partial charge is 0.538 e. The van der Waals surface area contributed by atoms with E-state index >= 15 is 0 Å². The van der Waals surface area contributed by atoms with Gasteiger partial charge < -0.3 is 14.1 Å².